The molecule has 1 N–H and O–H groups in total. The van der Waals surface area contributed by atoms with Gasteiger partial charge in [0.25, 0.3) is 5.56 Å². The van der Waals surface area contributed by atoms with E-state index in [1.807, 2.05) is 6.92 Å². The lowest BCUT2D eigenvalue weighted by Crippen LogP contribution is -2.22. The molecule has 12 heavy (non-hydrogen) atoms. The Morgan fingerprint density at radius 2 is 2.42 bits per heavy atom. The molecule has 0 radical (unpaired) electrons. The van der Waals surface area contributed by atoms with Crippen LogP contribution in [0.3, 0.4) is 0 Å². The monoisotopic (exact) mass is 188 g/mol. The molecule has 0 aliphatic rings. The minimum absolute atomic E-state index is 0.168. The normalized spacial score (nSPS) is 10.2. The number of aromatic nitrogens is 2. The van der Waals surface area contributed by atoms with Gasteiger partial charge in [0.15, 0.2) is 10.8 Å². The third-order valence-corrected chi connectivity index (χ3v) is 1.76. The molecule has 0 amide bonds. The van der Waals surface area contributed by atoms with Crippen LogP contribution in [0.1, 0.15) is 13.3 Å². The molecule has 0 bridgehead atoms. The molecule has 0 saturated heterocycles. The Labute approximate surface area is 74.4 Å². The summed E-state index contributed by atoms with van der Waals surface area (Å²) in [5, 5.41) is 12.5. The van der Waals surface area contributed by atoms with Gasteiger partial charge in [-0.2, -0.15) is 5.10 Å². The molecule has 1 aromatic heterocycles. The molecule has 1 rings (SSSR count). The first-order valence-electron chi connectivity index (χ1n) is 3.61. The lowest BCUT2D eigenvalue weighted by atomic mass is 10.4. The predicted octanol–water partition coefficient (Wildman–Crippen LogP) is 1.01. The molecule has 66 valence electrons. The van der Waals surface area contributed by atoms with Gasteiger partial charge in [-0.15, -0.1) is 0 Å². The van der Waals surface area contributed by atoms with Crippen LogP contribution in [-0.2, 0) is 6.54 Å². The molecular formula is C7H9ClN2O2. The molecule has 0 spiro atoms. The van der Waals surface area contributed by atoms with Crippen LogP contribution >= 0.6 is 11.6 Å². The van der Waals surface area contributed by atoms with Gasteiger partial charge in [-0.3, -0.25) is 4.79 Å². The maximum absolute atomic E-state index is 11.2. The second-order valence-electron chi connectivity index (χ2n) is 2.37. The first kappa shape index (κ1) is 9.06. The van der Waals surface area contributed by atoms with Gasteiger partial charge in [-0.25, -0.2) is 4.68 Å². The van der Waals surface area contributed by atoms with Crippen molar-refractivity contribution in [3.63, 3.8) is 0 Å². The average molecular weight is 189 g/mol. The Bertz CT molecular complexity index is 335. The molecule has 1 aromatic rings. The van der Waals surface area contributed by atoms with Crippen molar-refractivity contribution in [2.75, 3.05) is 0 Å². The van der Waals surface area contributed by atoms with E-state index >= 15 is 0 Å². The number of hydrogen-bond acceptors (Lipinski definition) is 3. The summed E-state index contributed by atoms with van der Waals surface area (Å²) >= 11 is 5.50. The van der Waals surface area contributed by atoms with Gasteiger partial charge in [0.2, 0.25) is 0 Å². The van der Waals surface area contributed by atoms with Crippen LogP contribution in [-0.4, -0.2) is 14.9 Å². The number of nitrogens with zero attached hydrogens (tertiary/aromatic N) is 2. The highest BCUT2D eigenvalue weighted by atomic mass is 35.5. The van der Waals surface area contributed by atoms with E-state index in [2.05, 4.69) is 5.10 Å². The Morgan fingerprint density at radius 3 is 3.00 bits per heavy atom. The molecular weight excluding hydrogens is 180 g/mol. The molecule has 0 aliphatic carbocycles. The van der Waals surface area contributed by atoms with Crippen LogP contribution in [0.25, 0.3) is 0 Å². The first-order valence-corrected chi connectivity index (χ1v) is 3.99. The van der Waals surface area contributed by atoms with Gasteiger partial charge >= 0.3 is 0 Å². The average Bonchev–Trinajstić information content (AvgIpc) is 2.07. The van der Waals surface area contributed by atoms with Crippen molar-refractivity contribution < 1.29 is 5.11 Å². The van der Waals surface area contributed by atoms with Gasteiger partial charge in [0, 0.05) is 6.54 Å². The van der Waals surface area contributed by atoms with Crippen molar-refractivity contribution in [3.05, 3.63) is 21.6 Å². The van der Waals surface area contributed by atoms with E-state index in [1.54, 1.807) is 0 Å². The zero-order valence-corrected chi connectivity index (χ0v) is 7.38. The van der Waals surface area contributed by atoms with Crippen molar-refractivity contribution in [1.82, 2.24) is 9.78 Å². The molecule has 0 saturated carbocycles. The van der Waals surface area contributed by atoms with Crippen LogP contribution in [0.15, 0.2) is 11.0 Å². The Morgan fingerprint density at radius 1 is 1.75 bits per heavy atom. The highest BCUT2D eigenvalue weighted by molar-refractivity contribution is 6.31. The van der Waals surface area contributed by atoms with Gasteiger partial charge < -0.3 is 5.11 Å². The van der Waals surface area contributed by atoms with Crippen LogP contribution in [0, 0.1) is 0 Å². The van der Waals surface area contributed by atoms with E-state index in [0.717, 1.165) is 6.42 Å². The van der Waals surface area contributed by atoms with Crippen molar-refractivity contribution in [2.24, 2.45) is 0 Å². The summed E-state index contributed by atoms with van der Waals surface area (Å²) in [7, 11) is 0. The summed E-state index contributed by atoms with van der Waals surface area (Å²) in [4.78, 5) is 11.2. The lowest BCUT2D eigenvalue weighted by molar-refractivity contribution is 0.458. The van der Waals surface area contributed by atoms with Crippen molar-refractivity contribution in [2.45, 2.75) is 19.9 Å². The Hall–Kier alpha value is -1.03. The van der Waals surface area contributed by atoms with Gasteiger partial charge in [0.05, 0.1) is 6.20 Å². The fraction of sp³-hybridized carbons (Fsp3) is 0.429. The number of halogens is 1. The largest absolute Gasteiger partial charge is 0.505 e. The minimum atomic E-state index is -0.446. The standard InChI is InChI=1S/C7H9ClN2O2/c1-2-3-10-7(12)6(8)5(11)4-9-10/h4,11H,2-3H2,1H3. The van der Waals surface area contributed by atoms with E-state index in [4.69, 9.17) is 16.7 Å². The minimum Gasteiger partial charge on any atom is -0.505 e. The van der Waals surface area contributed by atoms with Gasteiger partial charge in [-0.1, -0.05) is 18.5 Å². The molecule has 4 nitrogen and oxygen atoms in total. The maximum Gasteiger partial charge on any atom is 0.289 e. The second-order valence-corrected chi connectivity index (χ2v) is 2.75. The van der Waals surface area contributed by atoms with E-state index in [9.17, 15) is 4.79 Å². The third-order valence-electron chi connectivity index (χ3n) is 1.40. The highest BCUT2D eigenvalue weighted by Crippen LogP contribution is 2.14. The van der Waals surface area contributed by atoms with Crippen molar-refractivity contribution in [1.29, 1.82) is 0 Å². The highest BCUT2D eigenvalue weighted by Gasteiger charge is 2.06. The quantitative estimate of drug-likeness (QED) is 0.754. The second kappa shape index (κ2) is 3.58. The molecule has 0 fully saturated rings. The molecule has 0 aliphatic heterocycles. The fourth-order valence-electron chi connectivity index (χ4n) is 0.827. The van der Waals surface area contributed by atoms with Gasteiger partial charge in [0.1, 0.15) is 0 Å². The number of hydrogen-bond donors (Lipinski definition) is 1. The third kappa shape index (κ3) is 1.58. The maximum atomic E-state index is 11.2. The number of rotatable bonds is 2. The summed E-state index contributed by atoms with van der Waals surface area (Å²) in [6.45, 7) is 2.44. The van der Waals surface area contributed by atoms with Crippen LogP contribution in [0.4, 0.5) is 0 Å². The predicted molar refractivity (Wildman–Crippen MR) is 45.5 cm³/mol. The lowest BCUT2D eigenvalue weighted by Gasteiger charge is -2.02. The van der Waals surface area contributed by atoms with E-state index < -0.39 is 5.56 Å². The summed E-state index contributed by atoms with van der Waals surface area (Å²) in [5.74, 6) is -0.269. The van der Waals surface area contributed by atoms with Crippen LogP contribution in [0.2, 0.25) is 5.02 Å². The van der Waals surface area contributed by atoms with E-state index in [-0.39, 0.29) is 10.8 Å². The smallest absolute Gasteiger partial charge is 0.289 e. The molecule has 0 aromatic carbocycles. The fourth-order valence-corrected chi connectivity index (χ4v) is 0.974. The van der Waals surface area contributed by atoms with Crippen LogP contribution in [0.5, 0.6) is 5.75 Å². The molecule has 5 heteroatoms. The Balaban J connectivity index is 3.18. The zero-order chi connectivity index (χ0) is 9.14. The summed E-state index contributed by atoms with van der Waals surface area (Å²) in [5.41, 5.74) is -0.446. The molecule has 0 atom stereocenters. The summed E-state index contributed by atoms with van der Waals surface area (Å²) in [6, 6.07) is 0. The van der Waals surface area contributed by atoms with E-state index in [0.29, 0.717) is 6.54 Å². The first-order chi connectivity index (χ1) is 5.66. The van der Waals surface area contributed by atoms with E-state index in [1.165, 1.54) is 10.9 Å². The summed E-state index contributed by atoms with van der Waals surface area (Å²) in [6.07, 6.45) is 1.97. The van der Waals surface area contributed by atoms with Crippen molar-refractivity contribution >= 4 is 11.6 Å². The zero-order valence-electron chi connectivity index (χ0n) is 6.62. The van der Waals surface area contributed by atoms with Gasteiger partial charge in [-0.05, 0) is 6.42 Å². The number of aryl methyl sites for hydroxylation is 1. The van der Waals surface area contributed by atoms with Crippen molar-refractivity contribution in [3.8, 4) is 5.75 Å². The number of aromatic hydroxyl groups is 1. The Kier molecular flexibility index (Phi) is 2.70. The topological polar surface area (TPSA) is 55.1 Å². The SMILES string of the molecule is CCCn1ncc(O)c(Cl)c1=O. The molecule has 0 unspecified atom stereocenters. The summed E-state index contributed by atoms with van der Waals surface area (Å²) < 4.78 is 1.22. The van der Waals surface area contributed by atoms with Crippen LogP contribution < -0.4 is 5.56 Å². The molecule has 1 heterocycles.